The molecule has 1 saturated heterocycles. The number of likely N-dealkylation sites (tertiary alicyclic amines) is 1. The number of nitrogens with zero attached hydrogens (tertiary/aromatic N) is 1. The van der Waals surface area contributed by atoms with Crippen LogP contribution in [0.3, 0.4) is 0 Å². The second kappa shape index (κ2) is 9.90. The lowest BCUT2D eigenvalue weighted by molar-refractivity contribution is -0.123. The molecular weight excluding hydrogens is 356 g/mol. The number of para-hydroxylation sites is 1. The van der Waals surface area contributed by atoms with Crippen molar-refractivity contribution in [1.29, 1.82) is 0 Å². The van der Waals surface area contributed by atoms with Gasteiger partial charge in [0.25, 0.3) is 5.91 Å². The number of nitrogens with one attached hydrogen (secondary N) is 1. The van der Waals surface area contributed by atoms with Crippen molar-refractivity contribution in [3.63, 3.8) is 0 Å². The molecule has 1 aliphatic heterocycles. The number of thiophene rings is 1. The van der Waals surface area contributed by atoms with Crippen molar-refractivity contribution in [1.82, 2.24) is 10.2 Å². The monoisotopic (exact) mass is 386 g/mol. The Labute approximate surface area is 166 Å². The molecule has 146 valence electrons. The minimum Gasteiger partial charge on any atom is -0.483 e. The molecule has 1 aromatic heterocycles. The molecule has 2 heterocycles. The maximum atomic E-state index is 12.4. The fraction of sp³-hybridized carbons (Fsp3) is 0.500. The second-order valence-electron chi connectivity index (χ2n) is 7.30. The first-order chi connectivity index (χ1) is 13.1. The highest BCUT2D eigenvalue weighted by molar-refractivity contribution is 7.10. The summed E-state index contributed by atoms with van der Waals surface area (Å²) in [6.07, 6.45) is 5.10. The normalized spacial score (nSPS) is 16.5. The van der Waals surface area contributed by atoms with Crippen LogP contribution in [-0.2, 0) is 4.79 Å². The van der Waals surface area contributed by atoms with Crippen molar-refractivity contribution in [3.05, 3.63) is 51.7 Å². The molecule has 1 atom stereocenters. The van der Waals surface area contributed by atoms with Crippen LogP contribution in [-0.4, -0.2) is 37.0 Å². The number of aryl methyl sites for hydroxylation is 2. The van der Waals surface area contributed by atoms with Crippen LogP contribution in [0, 0.1) is 13.8 Å². The molecule has 0 radical (unpaired) electrons. The molecule has 27 heavy (non-hydrogen) atoms. The maximum absolute atomic E-state index is 12.4. The molecule has 2 aromatic rings. The molecule has 1 aromatic carbocycles. The van der Waals surface area contributed by atoms with Gasteiger partial charge in [-0.25, -0.2) is 0 Å². The van der Waals surface area contributed by atoms with Crippen molar-refractivity contribution in [2.24, 2.45) is 0 Å². The largest absolute Gasteiger partial charge is 0.483 e. The Morgan fingerprint density at radius 3 is 2.44 bits per heavy atom. The molecule has 0 bridgehead atoms. The first-order valence-electron chi connectivity index (χ1n) is 9.88. The van der Waals surface area contributed by atoms with Gasteiger partial charge in [-0.2, -0.15) is 0 Å². The Hall–Kier alpha value is -1.85. The zero-order valence-electron chi connectivity index (χ0n) is 16.4. The molecule has 1 aliphatic rings. The van der Waals surface area contributed by atoms with Crippen LogP contribution in [0.4, 0.5) is 0 Å². The highest BCUT2D eigenvalue weighted by atomic mass is 32.1. The van der Waals surface area contributed by atoms with E-state index in [1.54, 1.807) is 11.3 Å². The average molecular weight is 387 g/mol. The number of hydrogen-bond donors (Lipinski definition) is 1. The quantitative estimate of drug-likeness (QED) is 0.763. The fourth-order valence-corrected chi connectivity index (χ4v) is 4.58. The summed E-state index contributed by atoms with van der Waals surface area (Å²) in [7, 11) is 0. The SMILES string of the molecule is Cc1cccc(C)c1OCC(=O)NCC(c1cccs1)N1CCCCCC1. The van der Waals surface area contributed by atoms with E-state index in [0.29, 0.717) is 6.54 Å². The van der Waals surface area contributed by atoms with Crippen molar-refractivity contribution in [2.75, 3.05) is 26.2 Å². The van der Waals surface area contributed by atoms with Gasteiger partial charge < -0.3 is 10.1 Å². The van der Waals surface area contributed by atoms with Gasteiger partial charge in [0.2, 0.25) is 0 Å². The van der Waals surface area contributed by atoms with Crippen molar-refractivity contribution >= 4 is 17.2 Å². The molecule has 0 saturated carbocycles. The molecule has 0 aliphatic carbocycles. The zero-order valence-corrected chi connectivity index (χ0v) is 17.2. The van der Waals surface area contributed by atoms with Gasteiger partial charge in [-0.1, -0.05) is 37.1 Å². The second-order valence-corrected chi connectivity index (χ2v) is 8.27. The fourth-order valence-electron chi connectivity index (χ4n) is 3.72. The summed E-state index contributed by atoms with van der Waals surface area (Å²) in [5, 5.41) is 5.22. The summed E-state index contributed by atoms with van der Waals surface area (Å²) in [6, 6.07) is 10.5. The molecule has 1 N–H and O–H groups in total. The van der Waals surface area contributed by atoms with Crippen LogP contribution in [0.1, 0.15) is 47.7 Å². The minimum atomic E-state index is -0.0611. The van der Waals surface area contributed by atoms with E-state index in [1.165, 1.54) is 30.6 Å². The predicted molar refractivity (Wildman–Crippen MR) is 112 cm³/mol. The summed E-state index contributed by atoms with van der Waals surface area (Å²) in [4.78, 5) is 16.3. The lowest BCUT2D eigenvalue weighted by atomic mass is 10.1. The lowest BCUT2D eigenvalue weighted by Crippen LogP contribution is -2.39. The van der Waals surface area contributed by atoms with E-state index < -0.39 is 0 Å². The number of benzene rings is 1. The minimum absolute atomic E-state index is 0.0584. The number of ether oxygens (including phenoxy) is 1. The van der Waals surface area contributed by atoms with Gasteiger partial charge in [0.1, 0.15) is 5.75 Å². The molecule has 5 heteroatoms. The van der Waals surface area contributed by atoms with Gasteiger partial charge >= 0.3 is 0 Å². The van der Waals surface area contributed by atoms with E-state index in [0.717, 1.165) is 30.0 Å². The average Bonchev–Trinajstić information content (AvgIpc) is 3.04. The first kappa shape index (κ1) is 19.9. The molecule has 1 amide bonds. The van der Waals surface area contributed by atoms with E-state index in [1.807, 2.05) is 32.0 Å². The Kier molecular flexibility index (Phi) is 7.30. The summed E-state index contributed by atoms with van der Waals surface area (Å²) in [5.41, 5.74) is 2.12. The Bertz CT molecular complexity index is 702. The lowest BCUT2D eigenvalue weighted by Gasteiger charge is -2.30. The predicted octanol–water partition coefficient (Wildman–Crippen LogP) is 4.48. The van der Waals surface area contributed by atoms with E-state index in [-0.39, 0.29) is 18.6 Å². The van der Waals surface area contributed by atoms with E-state index in [9.17, 15) is 4.79 Å². The van der Waals surface area contributed by atoms with Gasteiger partial charge in [0.15, 0.2) is 6.61 Å². The van der Waals surface area contributed by atoms with Gasteiger partial charge in [0.05, 0.1) is 6.04 Å². The summed E-state index contributed by atoms with van der Waals surface area (Å²) >= 11 is 1.77. The van der Waals surface area contributed by atoms with Gasteiger partial charge in [-0.15, -0.1) is 11.3 Å². The maximum Gasteiger partial charge on any atom is 0.258 e. The topological polar surface area (TPSA) is 41.6 Å². The highest BCUT2D eigenvalue weighted by Gasteiger charge is 2.23. The van der Waals surface area contributed by atoms with Crippen LogP contribution in [0.5, 0.6) is 5.75 Å². The van der Waals surface area contributed by atoms with Crippen LogP contribution in [0.25, 0.3) is 0 Å². The van der Waals surface area contributed by atoms with Crippen LogP contribution >= 0.6 is 11.3 Å². The first-order valence-corrected chi connectivity index (χ1v) is 10.8. The molecule has 4 nitrogen and oxygen atoms in total. The third-order valence-electron chi connectivity index (χ3n) is 5.20. The third kappa shape index (κ3) is 5.56. The Morgan fingerprint density at radius 1 is 1.11 bits per heavy atom. The molecular formula is C22H30N2O2S. The zero-order chi connectivity index (χ0) is 19.1. The number of rotatable bonds is 7. The molecule has 3 rings (SSSR count). The standard InChI is InChI=1S/C22H30N2O2S/c1-17-9-7-10-18(2)22(17)26-16-21(25)23-15-19(20-11-8-14-27-20)24-12-5-3-4-6-13-24/h7-11,14,19H,3-6,12-13,15-16H2,1-2H3,(H,23,25). The van der Waals surface area contributed by atoms with Crippen LogP contribution < -0.4 is 10.1 Å². The third-order valence-corrected chi connectivity index (χ3v) is 6.18. The van der Waals surface area contributed by atoms with E-state index >= 15 is 0 Å². The van der Waals surface area contributed by atoms with Crippen molar-refractivity contribution in [3.8, 4) is 5.75 Å². The van der Waals surface area contributed by atoms with Crippen LogP contribution in [0.2, 0.25) is 0 Å². The van der Waals surface area contributed by atoms with E-state index in [2.05, 4.69) is 27.7 Å². The number of amides is 1. The smallest absolute Gasteiger partial charge is 0.258 e. The molecule has 1 unspecified atom stereocenters. The summed E-state index contributed by atoms with van der Waals surface area (Å²) in [6.45, 7) is 6.92. The number of carbonyl (C=O) groups excluding carboxylic acids is 1. The number of carbonyl (C=O) groups is 1. The van der Waals surface area contributed by atoms with Crippen LogP contribution in [0.15, 0.2) is 35.7 Å². The summed E-state index contributed by atoms with van der Waals surface area (Å²) < 4.78 is 5.79. The van der Waals surface area contributed by atoms with Gasteiger partial charge in [-0.3, -0.25) is 9.69 Å². The van der Waals surface area contributed by atoms with Gasteiger partial charge in [0, 0.05) is 11.4 Å². The Morgan fingerprint density at radius 2 is 1.81 bits per heavy atom. The molecule has 1 fully saturated rings. The summed E-state index contributed by atoms with van der Waals surface area (Å²) in [5.74, 6) is 0.754. The number of hydrogen-bond acceptors (Lipinski definition) is 4. The Balaban J connectivity index is 1.57. The van der Waals surface area contributed by atoms with E-state index in [4.69, 9.17) is 4.74 Å². The highest BCUT2D eigenvalue weighted by Crippen LogP contribution is 2.27. The van der Waals surface area contributed by atoms with Gasteiger partial charge in [-0.05, 0) is 62.4 Å². The molecule has 0 spiro atoms. The van der Waals surface area contributed by atoms with Crippen molar-refractivity contribution < 1.29 is 9.53 Å². The van der Waals surface area contributed by atoms with Crippen molar-refractivity contribution in [2.45, 2.75) is 45.6 Å².